The third-order valence-electron chi connectivity index (χ3n) is 4.68. The van der Waals surface area contributed by atoms with E-state index < -0.39 is 10.8 Å². The van der Waals surface area contributed by atoms with Gasteiger partial charge in [0, 0.05) is 23.3 Å². The molecule has 30 heavy (non-hydrogen) atoms. The molecule has 0 saturated heterocycles. The van der Waals surface area contributed by atoms with E-state index in [4.69, 9.17) is 0 Å². The van der Waals surface area contributed by atoms with E-state index >= 15 is 0 Å². The molecule has 0 spiro atoms. The maximum absolute atomic E-state index is 12.5. The van der Waals surface area contributed by atoms with E-state index in [9.17, 15) is 14.9 Å². The molecule has 0 atom stereocenters. The number of carbonyl (C=O) groups excluding carboxylic acids is 1. The van der Waals surface area contributed by atoms with E-state index in [1.807, 2.05) is 49.4 Å². The second-order valence-electron chi connectivity index (χ2n) is 6.64. The Labute approximate surface area is 171 Å². The Bertz CT molecular complexity index is 1290. The van der Waals surface area contributed by atoms with Crippen LogP contribution in [0.5, 0.6) is 0 Å². The maximum Gasteiger partial charge on any atom is 0.289 e. The first kappa shape index (κ1) is 19.0. The van der Waals surface area contributed by atoms with Gasteiger partial charge in [-0.15, -0.1) is 0 Å². The number of H-pyrrole nitrogens is 1. The first-order chi connectivity index (χ1) is 14.5. The van der Waals surface area contributed by atoms with E-state index in [-0.39, 0.29) is 11.4 Å². The van der Waals surface area contributed by atoms with Crippen molar-refractivity contribution in [3.8, 4) is 11.3 Å². The van der Waals surface area contributed by atoms with Gasteiger partial charge in [0.25, 0.3) is 11.6 Å². The molecule has 0 fully saturated rings. The van der Waals surface area contributed by atoms with E-state index in [0.717, 1.165) is 16.3 Å². The number of benzene rings is 3. The van der Waals surface area contributed by atoms with Crippen LogP contribution in [0.25, 0.3) is 22.0 Å². The fraction of sp³-hybridized carbons (Fsp3) is 0.0455. The van der Waals surface area contributed by atoms with Gasteiger partial charge in [0.15, 0.2) is 0 Å². The Morgan fingerprint density at radius 3 is 2.67 bits per heavy atom. The van der Waals surface area contributed by atoms with Crippen molar-refractivity contribution >= 4 is 28.1 Å². The predicted octanol–water partition coefficient (Wildman–Crippen LogP) is 4.29. The lowest BCUT2D eigenvalue weighted by Crippen LogP contribution is -2.19. The lowest BCUT2D eigenvalue weighted by Gasteiger charge is -2.06. The number of hydrazone groups is 1. The summed E-state index contributed by atoms with van der Waals surface area (Å²) in [6.45, 7) is 1.82. The quantitative estimate of drug-likeness (QED) is 0.296. The number of rotatable bonds is 5. The van der Waals surface area contributed by atoms with E-state index in [0.29, 0.717) is 17.0 Å². The van der Waals surface area contributed by atoms with Crippen LogP contribution in [0.2, 0.25) is 0 Å². The molecule has 0 aliphatic carbocycles. The summed E-state index contributed by atoms with van der Waals surface area (Å²) in [5, 5.41) is 24.0. The van der Waals surface area contributed by atoms with Crippen LogP contribution in [0, 0.1) is 10.1 Å². The smallest absolute Gasteiger partial charge is 0.272 e. The molecule has 1 aromatic heterocycles. The average Bonchev–Trinajstić information content (AvgIpc) is 3.27. The zero-order chi connectivity index (χ0) is 21.1. The summed E-state index contributed by atoms with van der Waals surface area (Å²) in [5.74, 6) is -0.459. The van der Waals surface area contributed by atoms with Crippen molar-refractivity contribution in [2.45, 2.75) is 6.92 Å². The molecule has 0 aliphatic rings. The van der Waals surface area contributed by atoms with Gasteiger partial charge in [-0.2, -0.15) is 10.2 Å². The molecule has 0 bridgehead atoms. The molecule has 4 rings (SSSR count). The molecule has 3 aromatic carbocycles. The number of carbonyl (C=O) groups is 1. The van der Waals surface area contributed by atoms with E-state index in [1.54, 1.807) is 12.1 Å². The summed E-state index contributed by atoms with van der Waals surface area (Å²) < 4.78 is 0. The Kier molecular flexibility index (Phi) is 5.04. The second-order valence-corrected chi connectivity index (χ2v) is 6.64. The van der Waals surface area contributed by atoms with Crippen molar-refractivity contribution in [3.05, 3.63) is 94.2 Å². The number of hydrogen-bond acceptors (Lipinski definition) is 5. The summed E-state index contributed by atoms with van der Waals surface area (Å²) in [7, 11) is 0. The lowest BCUT2D eigenvalue weighted by atomic mass is 10.0. The van der Waals surface area contributed by atoms with Gasteiger partial charge < -0.3 is 0 Å². The van der Waals surface area contributed by atoms with Gasteiger partial charge in [-0.25, -0.2) is 5.43 Å². The normalized spacial score (nSPS) is 11.4. The number of non-ortho nitro benzene ring substituents is 1. The lowest BCUT2D eigenvalue weighted by molar-refractivity contribution is -0.384. The Balaban J connectivity index is 1.53. The molecule has 1 heterocycles. The number of nitro groups is 1. The fourth-order valence-corrected chi connectivity index (χ4v) is 3.16. The highest BCUT2D eigenvalue weighted by atomic mass is 16.6. The SMILES string of the molecule is C/C(=N\NC(=O)c1cc(-c2cccc([N+](=O)[O-])c2)n[nH]1)c1cccc2ccccc12. The first-order valence-electron chi connectivity index (χ1n) is 9.16. The van der Waals surface area contributed by atoms with Crippen molar-refractivity contribution in [2.24, 2.45) is 5.10 Å². The molecule has 8 heteroatoms. The van der Waals surface area contributed by atoms with Gasteiger partial charge in [-0.3, -0.25) is 20.0 Å². The number of nitrogens with one attached hydrogen (secondary N) is 2. The van der Waals surface area contributed by atoms with Crippen LogP contribution in [-0.2, 0) is 0 Å². The van der Waals surface area contributed by atoms with Crippen LogP contribution in [0.15, 0.2) is 77.9 Å². The molecule has 1 amide bonds. The molecule has 0 radical (unpaired) electrons. The van der Waals surface area contributed by atoms with E-state index in [2.05, 4.69) is 20.7 Å². The largest absolute Gasteiger partial charge is 0.289 e. The number of nitrogens with zero attached hydrogens (tertiary/aromatic N) is 3. The number of nitro benzene ring substituents is 1. The molecule has 4 aromatic rings. The Hall–Kier alpha value is -4.33. The van der Waals surface area contributed by atoms with Crippen molar-refractivity contribution < 1.29 is 9.72 Å². The highest BCUT2D eigenvalue weighted by Gasteiger charge is 2.13. The molecular weight excluding hydrogens is 382 g/mol. The van der Waals surface area contributed by atoms with Gasteiger partial charge in [-0.05, 0) is 23.8 Å². The van der Waals surface area contributed by atoms with Crippen molar-refractivity contribution in [3.63, 3.8) is 0 Å². The zero-order valence-corrected chi connectivity index (χ0v) is 16.0. The Morgan fingerprint density at radius 1 is 1.07 bits per heavy atom. The second kappa shape index (κ2) is 7.96. The molecule has 2 N–H and O–H groups in total. The van der Waals surface area contributed by atoms with Crippen molar-refractivity contribution in [1.29, 1.82) is 0 Å². The van der Waals surface area contributed by atoms with Crippen LogP contribution < -0.4 is 5.43 Å². The van der Waals surface area contributed by atoms with Crippen LogP contribution >= 0.6 is 0 Å². The zero-order valence-electron chi connectivity index (χ0n) is 16.0. The Morgan fingerprint density at radius 2 is 1.83 bits per heavy atom. The van der Waals surface area contributed by atoms with Crippen LogP contribution in [-0.4, -0.2) is 26.7 Å². The highest BCUT2D eigenvalue weighted by Crippen LogP contribution is 2.23. The average molecular weight is 399 g/mol. The van der Waals surface area contributed by atoms with E-state index in [1.165, 1.54) is 18.2 Å². The number of fused-ring (bicyclic) bond motifs is 1. The predicted molar refractivity (Wildman–Crippen MR) is 114 cm³/mol. The summed E-state index contributed by atoms with van der Waals surface area (Å²) in [4.78, 5) is 22.9. The number of hydrogen-bond donors (Lipinski definition) is 2. The molecular formula is C22H17N5O3. The highest BCUT2D eigenvalue weighted by molar-refractivity contribution is 6.10. The molecule has 8 nitrogen and oxygen atoms in total. The summed E-state index contributed by atoms with van der Waals surface area (Å²) in [6, 6.07) is 21.4. The molecule has 0 aliphatic heterocycles. The molecule has 148 valence electrons. The van der Waals surface area contributed by atoms with Gasteiger partial charge in [0.2, 0.25) is 0 Å². The van der Waals surface area contributed by atoms with Gasteiger partial charge in [-0.1, -0.05) is 54.6 Å². The van der Waals surface area contributed by atoms with Crippen molar-refractivity contribution in [1.82, 2.24) is 15.6 Å². The van der Waals surface area contributed by atoms with Crippen LogP contribution in [0.4, 0.5) is 5.69 Å². The monoisotopic (exact) mass is 399 g/mol. The van der Waals surface area contributed by atoms with Gasteiger partial charge >= 0.3 is 0 Å². The number of aromatic amines is 1. The minimum atomic E-state index is -0.478. The number of aromatic nitrogens is 2. The van der Waals surface area contributed by atoms with Crippen LogP contribution in [0.1, 0.15) is 23.0 Å². The van der Waals surface area contributed by atoms with Crippen LogP contribution in [0.3, 0.4) is 0 Å². The summed E-state index contributed by atoms with van der Waals surface area (Å²) in [5.41, 5.74) is 5.24. The minimum Gasteiger partial charge on any atom is -0.272 e. The molecule has 0 saturated carbocycles. The third-order valence-corrected chi connectivity index (χ3v) is 4.68. The standard InChI is InChI=1S/C22H17N5O3/c1-14(18-11-5-7-15-6-2-3-10-19(15)18)23-26-22(28)21-13-20(24-25-21)16-8-4-9-17(12-16)27(29)30/h2-13H,1H3,(H,24,25)(H,26,28)/b23-14+. The topological polar surface area (TPSA) is 113 Å². The first-order valence-corrected chi connectivity index (χ1v) is 9.16. The van der Waals surface area contributed by atoms with Gasteiger partial charge in [0.1, 0.15) is 5.69 Å². The third kappa shape index (κ3) is 3.79. The minimum absolute atomic E-state index is 0.0446. The number of amides is 1. The summed E-state index contributed by atoms with van der Waals surface area (Å²) in [6.07, 6.45) is 0. The maximum atomic E-state index is 12.5. The molecule has 0 unspecified atom stereocenters. The summed E-state index contributed by atoms with van der Waals surface area (Å²) >= 11 is 0. The van der Waals surface area contributed by atoms with Crippen molar-refractivity contribution in [2.75, 3.05) is 0 Å². The fourth-order valence-electron chi connectivity index (χ4n) is 3.16. The van der Waals surface area contributed by atoms with Gasteiger partial charge in [0.05, 0.1) is 16.3 Å².